The van der Waals surface area contributed by atoms with E-state index in [1.807, 2.05) is 20.8 Å². The lowest BCUT2D eigenvalue weighted by Crippen LogP contribution is -2.61. The fraction of sp³-hybridized carbons (Fsp3) is 0.571. The predicted octanol–water partition coefficient (Wildman–Crippen LogP) is 1.75. The molecule has 2 rings (SSSR count). The Kier molecular flexibility index (Phi) is 4.09. The number of nitrogens with one attached hydrogen (secondary N) is 1. The third kappa shape index (κ3) is 2.82. The summed E-state index contributed by atoms with van der Waals surface area (Å²) in [6.45, 7) is 6.62. The first-order chi connectivity index (χ1) is 9.27. The highest BCUT2D eigenvalue weighted by Crippen LogP contribution is 2.43. The molecule has 1 aliphatic carbocycles. The minimum Gasteiger partial charge on any atom is -0.399 e. The first-order valence-corrected chi connectivity index (χ1v) is 8.25. The summed E-state index contributed by atoms with van der Waals surface area (Å²) in [5.74, 6) is 0. The van der Waals surface area contributed by atoms with Crippen molar-refractivity contribution in [1.82, 2.24) is 4.72 Å². The summed E-state index contributed by atoms with van der Waals surface area (Å²) >= 11 is 0. The van der Waals surface area contributed by atoms with Crippen molar-refractivity contribution in [2.24, 2.45) is 5.41 Å². The largest absolute Gasteiger partial charge is 0.399 e. The zero-order valence-corrected chi connectivity index (χ0v) is 12.9. The van der Waals surface area contributed by atoms with Crippen LogP contribution in [0.1, 0.15) is 27.2 Å². The van der Waals surface area contributed by atoms with Crippen molar-refractivity contribution in [2.75, 3.05) is 12.3 Å². The first kappa shape index (κ1) is 15.3. The SMILES string of the molecule is CCOC1CC(NS(=O)(=O)c2cccc(N)c2)C1(C)C. The van der Waals surface area contributed by atoms with E-state index in [0.717, 1.165) is 0 Å². The van der Waals surface area contributed by atoms with E-state index < -0.39 is 10.0 Å². The molecule has 1 aromatic carbocycles. The maximum atomic E-state index is 12.3. The molecule has 3 N–H and O–H groups in total. The maximum Gasteiger partial charge on any atom is 0.240 e. The molecule has 0 heterocycles. The van der Waals surface area contributed by atoms with Crippen LogP contribution in [0.5, 0.6) is 0 Å². The van der Waals surface area contributed by atoms with Crippen LogP contribution in [0.4, 0.5) is 5.69 Å². The molecule has 1 aliphatic rings. The van der Waals surface area contributed by atoms with E-state index >= 15 is 0 Å². The number of anilines is 1. The van der Waals surface area contributed by atoms with E-state index in [0.29, 0.717) is 18.7 Å². The van der Waals surface area contributed by atoms with Gasteiger partial charge in [-0.25, -0.2) is 13.1 Å². The maximum absolute atomic E-state index is 12.3. The molecule has 1 saturated carbocycles. The molecule has 1 fully saturated rings. The molecule has 2 unspecified atom stereocenters. The average Bonchev–Trinajstić information content (AvgIpc) is 2.37. The number of sulfonamides is 1. The van der Waals surface area contributed by atoms with Crippen molar-refractivity contribution in [1.29, 1.82) is 0 Å². The Labute approximate surface area is 120 Å². The summed E-state index contributed by atoms with van der Waals surface area (Å²) in [7, 11) is -3.54. The molecule has 6 heteroatoms. The van der Waals surface area contributed by atoms with E-state index in [2.05, 4.69) is 4.72 Å². The van der Waals surface area contributed by atoms with Gasteiger partial charge in [-0.2, -0.15) is 0 Å². The fourth-order valence-corrected chi connectivity index (χ4v) is 3.97. The predicted molar refractivity (Wildman–Crippen MR) is 78.8 cm³/mol. The Morgan fingerprint density at radius 1 is 1.45 bits per heavy atom. The highest BCUT2D eigenvalue weighted by molar-refractivity contribution is 7.89. The van der Waals surface area contributed by atoms with Gasteiger partial charge < -0.3 is 10.5 Å². The first-order valence-electron chi connectivity index (χ1n) is 6.77. The van der Waals surface area contributed by atoms with Gasteiger partial charge in [0.1, 0.15) is 0 Å². The van der Waals surface area contributed by atoms with Crippen molar-refractivity contribution in [3.05, 3.63) is 24.3 Å². The van der Waals surface area contributed by atoms with E-state index in [4.69, 9.17) is 10.5 Å². The van der Waals surface area contributed by atoms with E-state index in [1.54, 1.807) is 18.2 Å². The second-order valence-corrected chi connectivity index (χ2v) is 7.46. The summed E-state index contributed by atoms with van der Waals surface area (Å²) in [4.78, 5) is 0.202. The Morgan fingerprint density at radius 2 is 2.15 bits per heavy atom. The zero-order chi connectivity index (χ0) is 15.0. The number of rotatable bonds is 5. The molecular weight excluding hydrogens is 276 g/mol. The monoisotopic (exact) mass is 298 g/mol. The molecule has 0 radical (unpaired) electrons. The van der Waals surface area contributed by atoms with Crippen molar-refractivity contribution in [2.45, 2.75) is 44.2 Å². The molecule has 5 nitrogen and oxygen atoms in total. The lowest BCUT2D eigenvalue weighted by atomic mass is 9.65. The van der Waals surface area contributed by atoms with Crippen LogP contribution in [0.2, 0.25) is 0 Å². The van der Waals surface area contributed by atoms with Crippen LogP contribution in [0.25, 0.3) is 0 Å². The standard InChI is InChI=1S/C14H22N2O3S/c1-4-19-13-9-12(14(13,2)3)16-20(17,18)11-7-5-6-10(15)8-11/h5-8,12-13,16H,4,9,15H2,1-3H3. The Balaban J connectivity index is 2.11. The summed E-state index contributed by atoms with van der Waals surface area (Å²) in [5.41, 5.74) is 5.87. The third-order valence-electron chi connectivity index (χ3n) is 4.01. The van der Waals surface area contributed by atoms with Crippen LogP contribution in [-0.2, 0) is 14.8 Å². The summed E-state index contributed by atoms with van der Waals surface area (Å²) in [6, 6.07) is 6.19. The zero-order valence-electron chi connectivity index (χ0n) is 12.1. The molecule has 0 aromatic heterocycles. The van der Waals surface area contributed by atoms with Gasteiger partial charge in [0, 0.05) is 23.8 Å². The van der Waals surface area contributed by atoms with Crippen LogP contribution in [-0.4, -0.2) is 27.2 Å². The summed E-state index contributed by atoms with van der Waals surface area (Å²) < 4.78 is 33.0. The average molecular weight is 298 g/mol. The number of benzene rings is 1. The topological polar surface area (TPSA) is 81.4 Å². The van der Waals surface area contributed by atoms with Gasteiger partial charge in [0.15, 0.2) is 0 Å². The van der Waals surface area contributed by atoms with Crippen molar-refractivity contribution >= 4 is 15.7 Å². The Morgan fingerprint density at radius 3 is 2.70 bits per heavy atom. The number of hydrogen-bond acceptors (Lipinski definition) is 4. The molecule has 0 saturated heterocycles. The summed E-state index contributed by atoms with van der Waals surface area (Å²) in [5, 5.41) is 0. The second-order valence-electron chi connectivity index (χ2n) is 5.75. The fourth-order valence-electron chi connectivity index (χ4n) is 2.51. The molecule has 0 bridgehead atoms. The quantitative estimate of drug-likeness (QED) is 0.811. The van der Waals surface area contributed by atoms with Crippen LogP contribution in [0.15, 0.2) is 29.2 Å². The summed E-state index contributed by atoms with van der Waals surface area (Å²) in [6.07, 6.45) is 0.795. The molecule has 1 aromatic rings. The molecule has 0 spiro atoms. The Bertz CT molecular complexity index is 584. The minimum absolute atomic E-state index is 0.0982. The van der Waals surface area contributed by atoms with Gasteiger partial charge in [0.2, 0.25) is 10.0 Å². The molecule has 2 atom stereocenters. The van der Waals surface area contributed by atoms with Crippen LogP contribution in [0.3, 0.4) is 0 Å². The number of hydrogen-bond donors (Lipinski definition) is 2. The molecule has 112 valence electrons. The van der Waals surface area contributed by atoms with Gasteiger partial charge in [0.05, 0.1) is 11.0 Å². The highest BCUT2D eigenvalue weighted by atomic mass is 32.2. The third-order valence-corrected chi connectivity index (χ3v) is 5.48. The molecular formula is C14H22N2O3S. The van der Waals surface area contributed by atoms with Gasteiger partial charge in [-0.1, -0.05) is 19.9 Å². The molecule has 0 amide bonds. The molecule has 0 aliphatic heterocycles. The normalized spacial score (nSPS) is 25.1. The smallest absolute Gasteiger partial charge is 0.240 e. The van der Waals surface area contributed by atoms with Crippen molar-refractivity contribution in [3.63, 3.8) is 0 Å². The molecule has 20 heavy (non-hydrogen) atoms. The van der Waals surface area contributed by atoms with Gasteiger partial charge in [-0.15, -0.1) is 0 Å². The number of ether oxygens (including phenoxy) is 1. The lowest BCUT2D eigenvalue weighted by Gasteiger charge is -2.51. The van der Waals surface area contributed by atoms with Crippen molar-refractivity contribution in [3.8, 4) is 0 Å². The van der Waals surface area contributed by atoms with Gasteiger partial charge in [-0.3, -0.25) is 0 Å². The van der Waals surface area contributed by atoms with Gasteiger partial charge >= 0.3 is 0 Å². The number of nitrogens with two attached hydrogens (primary N) is 1. The van der Waals surface area contributed by atoms with Crippen LogP contribution >= 0.6 is 0 Å². The minimum atomic E-state index is -3.54. The second kappa shape index (κ2) is 5.35. The van der Waals surface area contributed by atoms with E-state index in [9.17, 15) is 8.42 Å². The van der Waals surface area contributed by atoms with Crippen LogP contribution in [0, 0.1) is 5.41 Å². The van der Waals surface area contributed by atoms with Crippen LogP contribution < -0.4 is 10.5 Å². The Hall–Kier alpha value is -1.11. The highest BCUT2D eigenvalue weighted by Gasteiger charge is 2.50. The number of nitrogen functional groups attached to an aromatic ring is 1. The van der Waals surface area contributed by atoms with Gasteiger partial charge in [-0.05, 0) is 31.5 Å². The van der Waals surface area contributed by atoms with Crippen molar-refractivity contribution < 1.29 is 13.2 Å². The van der Waals surface area contributed by atoms with E-state index in [1.165, 1.54) is 6.07 Å². The van der Waals surface area contributed by atoms with Gasteiger partial charge in [0.25, 0.3) is 0 Å². The van der Waals surface area contributed by atoms with E-state index in [-0.39, 0.29) is 22.5 Å². The lowest BCUT2D eigenvalue weighted by molar-refractivity contribution is -0.108.